The predicted octanol–water partition coefficient (Wildman–Crippen LogP) is 2.10. The Bertz CT molecular complexity index is 376. The molecular weight excluding hydrogens is 234 g/mol. The van der Waals surface area contributed by atoms with Gasteiger partial charge < -0.3 is 16.3 Å². The highest BCUT2D eigenvalue weighted by atomic mass is 32.1. The molecule has 0 saturated heterocycles. The molecule has 0 radical (unpaired) electrons. The summed E-state index contributed by atoms with van der Waals surface area (Å²) in [4.78, 5) is 2.73. The molecule has 2 unspecified atom stereocenters. The Morgan fingerprint density at radius 3 is 2.71 bits per heavy atom. The van der Waals surface area contributed by atoms with Gasteiger partial charge in [0.15, 0.2) is 0 Å². The zero-order valence-corrected chi connectivity index (χ0v) is 11.4. The van der Waals surface area contributed by atoms with Crippen LogP contribution >= 0.6 is 11.3 Å². The molecular formula is C12H21N3OS. The Hall–Kier alpha value is -1.07. The molecule has 0 saturated carbocycles. The first-order chi connectivity index (χ1) is 8.01. The molecule has 1 rings (SSSR count). The van der Waals surface area contributed by atoms with Crippen LogP contribution in [0.2, 0.25) is 0 Å². The highest BCUT2D eigenvalue weighted by Crippen LogP contribution is 2.16. The van der Waals surface area contributed by atoms with Crippen molar-refractivity contribution in [3.63, 3.8) is 0 Å². The highest BCUT2D eigenvalue weighted by molar-refractivity contribution is 7.11. The van der Waals surface area contributed by atoms with Crippen LogP contribution in [0.1, 0.15) is 30.0 Å². The average Bonchev–Trinajstić information content (AvgIpc) is 2.63. The minimum atomic E-state index is 0.210. The summed E-state index contributed by atoms with van der Waals surface area (Å²) >= 11 is 1.83. The van der Waals surface area contributed by atoms with Crippen molar-refractivity contribution in [2.75, 3.05) is 0 Å². The van der Waals surface area contributed by atoms with E-state index in [0.717, 1.165) is 6.42 Å². The van der Waals surface area contributed by atoms with Crippen molar-refractivity contribution in [2.24, 2.45) is 10.9 Å². The second-order valence-electron chi connectivity index (χ2n) is 4.48. The van der Waals surface area contributed by atoms with Gasteiger partial charge in [-0.3, -0.25) is 0 Å². The third-order valence-electron chi connectivity index (χ3n) is 2.52. The molecule has 0 aliphatic rings. The van der Waals surface area contributed by atoms with Crippen LogP contribution in [0.25, 0.3) is 0 Å². The molecule has 1 heterocycles. The van der Waals surface area contributed by atoms with Crippen molar-refractivity contribution in [2.45, 2.75) is 45.7 Å². The van der Waals surface area contributed by atoms with E-state index in [-0.39, 0.29) is 11.9 Å². The minimum absolute atomic E-state index is 0.210. The van der Waals surface area contributed by atoms with Gasteiger partial charge in [-0.15, -0.1) is 11.3 Å². The lowest BCUT2D eigenvalue weighted by Gasteiger charge is -2.18. The second kappa shape index (κ2) is 6.61. The summed E-state index contributed by atoms with van der Waals surface area (Å²) in [7, 11) is 0. The number of rotatable bonds is 6. The van der Waals surface area contributed by atoms with Gasteiger partial charge in [0.2, 0.25) is 0 Å². The zero-order valence-electron chi connectivity index (χ0n) is 10.6. The molecule has 0 aliphatic carbocycles. The molecule has 0 bridgehead atoms. The largest absolute Gasteiger partial charge is 0.409 e. The van der Waals surface area contributed by atoms with Crippen LogP contribution in [0.5, 0.6) is 0 Å². The van der Waals surface area contributed by atoms with Gasteiger partial charge in [0, 0.05) is 28.3 Å². The maximum absolute atomic E-state index is 8.49. The average molecular weight is 255 g/mol. The van der Waals surface area contributed by atoms with Crippen molar-refractivity contribution in [1.82, 2.24) is 5.32 Å². The normalized spacial score (nSPS) is 15.8. The molecule has 2 atom stereocenters. The number of aryl methyl sites for hydroxylation is 1. The topological polar surface area (TPSA) is 70.6 Å². The summed E-state index contributed by atoms with van der Waals surface area (Å²) < 4.78 is 0. The Morgan fingerprint density at radius 2 is 2.18 bits per heavy atom. The first kappa shape index (κ1) is 14.0. The van der Waals surface area contributed by atoms with Crippen molar-refractivity contribution in [1.29, 1.82) is 0 Å². The van der Waals surface area contributed by atoms with Crippen LogP contribution < -0.4 is 11.1 Å². The quantitative estimate of drug-likeness (QED) is 0.315. The smallest absolute Gasteiger partial charge is 0.140 e. The van der Waals surface area contributed by atoms with Crippen LogP contribution in [0.3, 0.4) is 0 Å². The number of nitrogens with zero attached hydrogens (tertiary/aromatic N) is 1. The molecule has 17 heavy (non-hydrogen) atoms. The Balaban J connectivity index is 2.36. The van der Waals surface area contributed by atoms with Gasteiger partial charge >= 0.3 is 0 Å². The van der Waals surface area contributed by atoms with E-state index in [4.69, 9.17) is 10.9 Å². The summed E-state index contributed by atoms with van der Waals surface area (Å²) in [5.41, 5.74) is 5.47. The molecule has 0 spiro atoms. The first-order valence-electron chi connectivity index (χ1n) is 5.79. The van der Waals surface area contributed by atoms with Crippen LogP contribution in [-0.2, 0) is 6.42 Å². The van der Waals surface area contributed by atoms with E-state index in [2.05, 4.69) is 36.5 Å². The molecule has 0 amide bonds. The molecule has 96 valence electrons. The van der Waals surface area contributed by atoms with Gasteiger partial charge in [0.25, 0.3) is 0 Å². The molecule has 0 aromatic carbocycles. The summed E-state index contributed by atoms with van der Waals surface area (Å²) in [6, 6.07) is 4.91. The predicted molar refractivity (Wildman–Crippen MR) is 72.8 cm³/mol. The summed E-state index contributed by atoms with van der Waals surface area (Å²) in [6.07, 6.45) is 1.57. The number of thiophene rings is 1. The maximum Gasteiger partial charge on any atom is 0.140 e. The molecule has 4 N–H and O–H groups in total. The molecule has 0 fully saturated rings. The van der Waals surface area contributed by atoms with Crippen molar-refractivity contribution >= 4 is 17.2 Å². The van der Waals surface area contributed by atoms with Crippen LogP contribution in [-0.4, -0.2) is 23.1 Å². The highest BCUT2D eigenvalue weighted by Gasteiger charge is 2.10. The van der Waals surface area contributed by atoms with Gasteiger partial charge in [-0.2, -0.15) is 0 Å². The van der Waals surface area contributed by atoms with Gasteiger partial charge in [0.05, 0.1) is 0 Å². The lowest BCUT2D eigenvalue weighted by Crippen LogP contribution is -2.38. The molecule has 4 nitrogen and oxygen atoms in total. The van der Waals surface area contributed by atoms with Crippen molar-refractivity contribution in [3.8, 4) is 0 Å². The van der Waals surface area contributed by atoms with E-state index in [1.54, 1.807) is 0 Å². The van der Waals surface area contributed by atoms with Gasteiger partial charge in [0.1, 0.15) is 5.84 Å². The molecule has 1 aromatic rings. The van der Waals surface area contributed by atoms with E-state index < -0.39 is 0 Å². The van der Waals surface area contributed by atoms with Crippen molar-refractivity contribution < 1.29 is 5.21 Å². The Morgan fingerprint density at radius 1 is 1.47 bits per heavy atom. The Kier molecular flexibility index (Phi) is 5.44. The minimum Gasteiger partial charge on any atom is -0.409 e. The lowest BCUT2D eigenvalue weighted by atomic mass is 10.1. The molecule has 5 heteroatoms. The first-order valence-corrected chi connectivity index (χ1v) is 6.60. The summed E-state index contributed by atoms with van der Waals surface area (Å²) in [5.74, 6) is 0.268. The van der Waals surface area contributed by atoms with Gasteiger partial charge in [-0.05, 0) is 39.3 Å². The van der Waals surface area contributed by atoms with E-state index in [1.807, 2.05) is 18.3 Å². The number of hydrogen-bond donors (Lipinski definition) is 3. The maximum atomic E-state index is 8.49. The number of nitrogens with one attached hydrogen (secondary N) is 1. The van der Waals surface area contributed by atoms with Crippen molar-refractivity contribution in [3.05, 3.63) is 21.9 Å². The fraction of sp³-hybridized carbons (Fsp3) is 0.583. The van der Waals surface area contributed by atoms with Crippen LogP contribution in [0.4, 0.5) is 0 Å². The standard InChI is InChI=1S/C12H21N3OS/c1-8(6-11-5-4-10(3)17-11)14-9(2)7-12(13)15-16/h4-5,8-9,14,16H,6-7H2,1-3H3,(H2,13,15). The van der Waals surface area contributed by atoms with Crippen LogP contribution in [0.15, 0.2) is 17.3 Å². The number of hydrogen-bond acceptors (Lipinski definition) is 4. The number of nitrogens with two attached hydrogens (primary N) is 1. The van der Waals surface area contributed by atoms with E-state index in [0.29, 0.717) is 12.5 Å². The fourth-order valence-electron chi connectivity index (χ4n) is 1.85. The van der Waals surface area contributed by atoms with E-state index in [9.17, 15) is 0 Å². The molecule has 1 aromatic heterocycles. The summed E-state index contributed by atoms with van der Waals surface area (Å²) in [6.45, 7) is 6.30. The third-order valence-corrected chi connectivity index (χ3v) is 3.54. The monoisotopic (exact) mass is 255 g/mol. The van der Waals surface area contributed by atoms with E-state index in [1.165, 1.54) is 9.75 Å². The van der Waals surface area contributed by atoms with Crippen LogP contribution in [0, 0.1) is 6.92 Å². The fourth-order valence-corrected chi connectivity index (χ4v) is 2.87. The summed E-state index contributed by atoms with van der Waals surface area (Å²) in [5, 5.41) is 14.9. The number of oxime groups is 1. The molecule has 0 aliphatic heterocycles. The Labute approximate surface area is 107 Å². The lowest BCUT2D eigenvalue weighted by molar-refractivity contribution is 0.315. The van der Waals surface area contributed by atoms with Gasteiger partial charge in [-0.25, -0.2) is 0 Å². The van der Waals surface area contributed by atoms with E-state index >= 15 is 0 Å². The number of amidine groups is 1. The van der Waals surface area contributed by atoms with Gasteiger partial charge in [-0.1, -0.05) is 5.16 Å². The SMILES string of the molecule is Cc1ccc(CC(C)NC(C)CC(N)=NO)s1. The second-order valence-corrected chi connectivity index (χ2v) is 5.85. The zero-order chi connectivity index (χ0) is 12.8. The third kappa shape index (κ3) is 5.19.